The van der Waals surface area contributed by atoms with Gasteiger partial charge in [-0.2, -0.15) is 0 Å². The van der Waals surface area contributed by atoms with E-state index >= 15 is 0 Å². The van der Waals surface area contributed by atoms with Gasteiger partial charge in [-0.25, -0.2) is 13.4 Å². The number of hydrogen-bond acceptors (Lipinski definition) is 5. The van der Waals surface area contributed by atoms with Gasteiger partial charge in [0, 0.05) is 32.7 Å². The molecule has 19 heavy (non-hydrogen) atoms. The average Bonchev–Trinajstić information content (AvgIpc) is 2.39. The Morgan fingerprint density at radius 2 is 2.21 bits per heavy atom. The number of rotatable bonds is 4. The third-order valence-electron chi connectivity index (χ3n) is 3.11. The van der Waals surface area contributed by atoms with Crippen LogP contribution in [0, 0.1) is 0 Å². The fourth-order valence-electron chi connectivity index (χ4n) is 2.01. The van der Waals surface area contributed by atoms with Gasteiger partial charge >= 0.3 is 0 Å². The van der Waals surface area contributed by atoms with Crippen LogP contribution in [0.25, 0.3) is 0 Å². The Labute approximate surface area is 113 Å². The number of aromatic nitrogens is 1. The minimum absolute atomic E-state index is 0.254. The second-order valence-electron chi connectivity index (χ2n) is 4.62. The Morgan fingerprint density at radius 1 is 1.42 bits per heavy atom. The Morgan fingerprint density at radius 3 is 2.68 bits per heavy atom. The quantitative estimate of drug-likeness (QED) is 0.778. The van der Waals surface area contributed by atoms with E-state index in [1.54, 1.807) is 19.2 Å². The van der Waals surface area contributed by atoms with Crippen molar-refractivity contribution in [1.29, 1.82) is 0 Å². The molecule has 0 spiro atoms. The van der Waals surface area contributed by atoms with Gasteiger partial charge in [-0.05, 0) is 24.1 Å². The van der Waals surface area contributed by atoms with E-state index in [-0.39, 0.29) is 4.90 Å². The Balaban J connectivity index is 2.08. The standard InChI is InChI=1S/C13H18N2O3S/c1-18-10-11-5-7-15(8-6-11)13-4-3-12(9-14-13)19(2,16)17/h3-5,9H,6-8,10H2,1-2H3. The molecule has 5 nitrogen and oxygen atoms in total. The van der Waals surface area contributed by atoms with Gasteiger partial charge in [-0.3, -0.25) is 0 Å². The van der Waals surface area contributed by atoms with Crippen molar-refractivity contribution in [2.24, 2.45) is 0 Å². The van der Waals surface area contributed by atoms with Crippen molar-refractivity contribution >= 4 is 15.7 Å². The predicted octanol–water partition coefficient (Wildman–Crippen LogP) is 1.27. The van der Waals surface area contributed by atoms with Crippen molar-refractivity contribution in [3.8, 4) is 0 Å². The average molecular weight is 282 g/mol. The van der Waals surface area contributed by atoms with Gasteiger partial charge in [0.05, 0.1) is 11.5 Å². The predicted molar refractivity (Wildman–Crippen MR) is 74.1 cm³/mol. The fourth-order valence-corrected chi connectivity index (χ4v) is 2.57. The fraction of sp³-hybridized carbons (Fsp3) is 0.462. The molecule has 0 saturated heterocycles. The first kappa shape index (κ1) is 14.0. The van der Waals surface area contributed by atoms with E-state index in [0.717, 1.165) is 25.3 Å². The maximum Gasteiger partial charge on any atom is 0.177 e. The van der Waals surface area contributed by atoms with E-state index < -0.39 is 9.84 Å². The highest BCUT2D eigenvalue weighted by Gasteiger charge is 2.14. The largest absolute Gasteiger partial charge is 0.380 e. The number of sulfone groups is 1. The molecular weight excluding hydrogens is 264 g/mol. The zero-order valence-corrected chi connectivity index (χ0v) is 12.0. The molecule has 0 aliphatic carbocycles. The third kappa shape index (κ3) is 3.54. The van der Waals surface area contributed by atoms with Gasteiger partial charge < -0.3 is 9.64 Å². The van der Waals surface area contributed by atoms with Crippen molar-refractivity contribution in [2.75, 3.05) is 38.0 Å². The summed E-state index contributed by atoms with van der Waals surface area (Å²) in [6.45, 7) is 2.33. The molecule has 0 atom stereocenters. The summed E-state index contributed by atoms with van der Waals surface area (Å²) in [5, 5.41) is 0. The molecule has 0 unspecified atom stereocenters. The lowest BCUT2D eigenvalue weighted by Gasteiger charge is -2.27. The van der Waals surface area contributed by atoms with Gasteiger partial charge in [0.25, 0.3) is 0 Å². The van der Waals surface area contributed by atoms with Gasteiger partial charge in [0.1, 0.15) is 5.82 Å². The third-order valence-corrected chi connectivity index (χ3v) is 4.20. The number of ether oxygens (including phenoxy) is 1. The molecule has 0 saturated carbocycles. The molecule has 0 bridgehead atoms. The summed E-state index contributed by atoms with van der Waals surface area (Å²) >= 11 is 0. The van der Waals surface area contributed by atoms with Crippen molar-refractivity contribution in [3.63, 3.8) is 0 Å². The van der Waals surface area contributed by atoms with Crippen LogP contribution in [0.4, 0.5) is 5.82 Å². The van der Waals surface area contributed by atoms with E-state index in [1.807, 2.05) is 0 Å². The van der Waals surface area contributed by atoms with Gasteiger partial charge in [0.15, 0.2) is 9.84 Å². The molecule has 0 N–H and O–H groups in total. The number of methoxy groups -OCH3 is 1. The van der Waals surface area contributed by atoms with Crippen LogP contribution in [0.2, 0.25) is 0 Å². The molecule has 104 valence electrons. The highest BCUT2D eigenvalue weighted by Crippen LogP contribution is 2.19. The van der Waals surface area contributed by atoms with Crippen LogP contribution < -0.4 is 4.90 Å². The number of nitrogens with zero attached hydrogens (tertiary/aromatic N) is 2. The molecule has 1 aromatic heterocycles. The van der Waals surface area contributed by atoms with Crippen LogP contribution in [0.5, 0.6) is 0 Å². The maximum atomic E-state index is 11.4. The Hall–Kier alpha value is -1.40. The second kappa shape index (κ2) is 5.71. The van der Waals surface area contributed by atoms with E-state index in [1.165, 1.54) is 18.0 Å². The molecular formula is C13H18N2O3S. The van der Waals surface area contributed by atoms with Gasteiger partial charge in [-0.1, -0.05) is 6.08 Å². The molecule has 0 aromatic carbocycles. The van der Waals surface area contributed by atoms with Crippen molar-refractivity contribution in [1.82, 2.24) is 4.98 Å². The number of pyridine rings is 1. The van der Waals surface area contributed by atoms with Crippen LogP contribution >= 0.6 is 0 Å². The molecule has 1 aromatic rings. The first-order chi connectivity index (χ1) is 9.00. The lowest BCUT2D eigenvalue weighted by molar-refractivity contribution is 0.222. The molecule has 2 rings (SSSR count). The Kier molecular flexibility index (Phi) is 4.21. The first-order valence-electron chi connectivity index (χ1n) is 6.08. The highest BCUT2D eigenvalue weighted by atomic mass is 32.2. The topological polar surface area (TPSA) is 59.5 Å². The summed E-state index contributed by atoms with van der Waals surface area (Å²) in [7, 11) is -1.48. The highest BCUT2D eigenvalue weighted by molar-refractivity contribution is 7.90. The summed E-state index contributed by atoms with van der Waals surface area (Å²) in [4.78, 5) is 6.60. The minimum Gasteiger partial charge on any atom is -0.380 e. The van der Waals surface area contributed by atoms with E-state index in [0.29, 0.717) is 6.61 Å². The van der Waals surface area contributed by atoms with Crippen molar-refractivity contribution in [2.45, 2.75) is 11.3 Å². The zero-order valence-electron chi connectivity index (χ0n) is 11.2. The van der Waals surface area contributed by atoms with Gasteiger partial charge in [-0.15, -0.1) is 0 Å². The first-order valence-corrected chi connectivity index (χ1v) is 7.98. The molecule has 6 heteroatoms. The molecule has 1 aliphatic heterocycles. The summed E-state index contributed by atoms with van der Waals surface area (Å²) in [6.07, 6.45) is 5.69. The van der Waals surface area contributed by atoms with Crippen LogP contribution in [-0.2, 0) is 14.6 Å². The van der Waals surface area contributed by atoms with E-state index in [4.69, 9.17) is 4.74 Å². The minimum atomic E-state index is -3.18. The SMILES string of the molecule is COCC1=CCN(c2ccc(S(C)(=O)=O)cn2)CC1. The molecule has 0 fully saturated rings. The molecule has 2 heterocycles. The molecule has 1 aliphatic rings. The normalized spacial score (nSPS) is 16.3. The van der Waals surface area contributed by atoms with Crippen LogP contribution in [0.3, 0.4) is 0 Å². The van der Waals surface area contributed by atoms with Crippen LogP contribution in [0.15, 0.2) is 34.9 Å². The van der Waals surface area contributed by atoms with Crippen molar-refractivity contribution < 1.29 is 13.2 Å². The van der Waals surface area contributed by atoms with Gasteiger partial charge in [0.2, 0.25) is 0 Å². The van der Waals surface area contributed by atoms with Crippen molar-refractivity contribution in [3.05, 3.63) is 30.0 Å². The number of hydrogen-bond donors (Lipinski definition) is 0. The summed E-state index contributed by atoms with van der Waals surface area (Å²) in [5.41, 5.74) is 1.30. The summed E-state index contributed by atoms with van der Waals surface area (Å²) in [5.74, 6) is 0.806. The van der Waals surface area contributed by atoms with E-state index in [9.17, 15) is 8.42 Å². The monoisotopic (exact) mass is 282 g/mol. The maximum absolute atomic E-state index is 11.4. The second-order valence-corrected chi connectivity index (χ2v) is 6.63. The zero-order chi connectivity index (χ0) is 13.9. The smallest absolute Gasteiger partial charge is 0.177 e. The van der Waals surface area contributed by atoms with Crippen LogP contribution in [-0.4, -0.2) is 46.5 Å². The summed E-state index contributed by atoms with van der Waals surface area (Å²) < 4.78 is 27.8. The number of anilines is 1. The van der Waals surface area contributed by atoms with Crippen LogP contribution in [0.1, 0.15) is 6.42 Å². The van der Waals surface area contributed by atoms with E-state index in [2.05, 4.69) is 16.0 Å². The summed E-state index contributed by atoms with van der Waals surface area (Å²) in [6, 6.07) is 3.36. The lowest BCUT2D eigenvalue weighted by atomic mass is 10.1. The molecule has 0 radical (unpaired) electrons. The molecule has 0 amide bonds. The lowest BCUT2D eigenvalue weighted by Crippen LogP contribution is -2.30. The Bertz CT molecular complexity index is 564.